The molecule has 3 aliphatic rings. The van der Waals surface area contributed by atoms with Gasteiger partial charge in [0.2, 0.25) is 0 Å². The van der Waals surface area contributed by atoms with Crippen LogP contribution in [0.25, 0.3) is 55.6 Å². The molecule has 0 aromatic heterocycles. The van der Waals surface area contributed by atoms with Crippen molar-refractivity contribution in [3.8, 4) is 55.6 Å². The van der Waals surface area contributed by atoms with Crippen LogP contribution in [-0.4, -0.2) is 0 Å². The van der Waals surface area contributed by atoms with Crippen LogP contribution in [0.5, 0.6) is 0 Å². The minimum atomic E-state index is 0.00525. The van der Waals surface area contributed by atoms with Gasteiger partial charge in [0.15, 0.2) is 0 Å². The molecular formula is C59H66. The lowest BCUT2D eigenvalue weighted by molar-refractivity contribution is 0.401. The molecular weight excluding hydrogens is 709 g/mol. The summed E-state index contributed by atoms with van der Waals surface area (Å²) in [6.45, 7) is 14.3. The van der Waals surface area contributed by atoms with E-state index in [1.165, 1.54) is 142 Å². The highest BCUT2D eigenvalue weighted by Crippen LogP contribution is 2.58. The molecule has 0 atom stereocenters. The highest BCUT2D eigenvalue weighted by atomic mass is 14.5. The second-order valence-electron chi connectivity index (χ2n) is 18.4. The van der Waals surface area contributed by atoms with Crippen LogP contribution >= 0.6 is 0 Å². The predicted octanol–water partition coefficient (Wildman–Crippen LogP) is 17.4. The monoisotopic (exact) mass is 775 g/mol. The van der Waals surface area contributed by atoms with E-state index in [1.807, 2.05) is 0 Å². The number of fused-ring (bicyclic) bond motifs is 9. The first-order chi connectivity index (χ1) is 28.9. The van der Waals surface area contributed by atoms with Crippen LogP contribution in [0.15, 0.2) is 121 Å². The van der Waals surface area contributed by atoms with Crippen LogP contribution in [0.1, 0.15) is 165 Å². The predicted molar refractivity (Wildman–Crippen MR) is 255 cm³/mol. The Morgan fingerprint density at radius 2 is 0.593 bits per heavy atom. The van der Waals surface area contributed by atoms with Crippen LogP contribution in [0.2, 0.25) is 0 Å². The maximum atomic E-state index is 2.65. The van der Waals surface area contributed by atoms with Crippen molar-refractivity contribution >= 4 is 0 Å². The van der Waals surface area contributed by atoms with E-state index < -0.39 is 0 Å². The molecule has 0 spiro atoms. The standard InChI is InChI=1S/C59H66/c1-7-13-15-21-35-59(36-22-16-14-8-2)55-39-43(41-27-31-47-45-23-17-19-25-51(45)57(9-3,10-4)53(47)37-41)29-33-49(55)50-34-30-44(40-56(50)59)42-28-32-48-46-24-18-20-26-52(46)58(11-5,12-6)54(48)38-42/h17-20,23-34,37-40H,7-16,21-22,35-36H2,1-6H3. The molecule has 9 rings (SSSR count). The quantitative estimate of drug-likeness (QED) is 0.0859. The smallest absolute Gasteiger partial charge is 0.0215 e. The van der Waals surface area contributed by atoms with Gasteiger partial charge in [0.25, 0.3) is 0 Å². The Kier molecular flexibility index (Phi) is 10.8. The van der Waals surface area contributed by atoms with Crippen LogP contribution in [-0.2, 0) is 16.2 Å². The SMILES string of the molecule is CCCCCCC1(CCCCCC)c2cc(-c3ccc4c(c3)C(CC)(CC)c3ccccc3-4)ccc2-c2ccc(-c3ccc4c(c3)C(CC)(CC)c3ccccc3-4)cc21. The second kappa shape index (κ2) is 16.1. The van der Waals surface area contributed by atoms with Gasteiger partial charge in [0.05, 0.1) is 0 Å². The third-order valence-electron chi connectivity index (χ3n) is 15.9. The summed E-state index contributed by atoms with van der Waals surface area (Å²) in [5.74, 6) is 0. The van der Waals surface area contributed by atoms with Gasteiger partial charge in [0.1, 0.15) is 0 Å². The van der Waals surface area contributed by atoms with Gasteiger partial charge in [-0.3, -0.25) is 0 Å². The molecule has 0 heterocycles. The summed E-state index contributed by atoms with van der Waals surface area (Å²) in [6, 6.07) is 48.4. The Morgan fingerprint density at radius 3 is 0.915 bits per heavy atom. The van der Waals surface area contributed by atoms with Crippen molar-refractivity contribution in [2.75, 3.05) is 0 Å². The minimum Gasteiger partial charge on any atom is -0.0654 e. The Labute approximate surface area is 356 Å². The van der Waals surface area contributed by atoms with Crippen molar-refractivity contribution in [1.29, 1.82) is 0 Å². The number of hydrogen-bond acceptors (Lipinski definition) is 0. The molecule has 302 valence electrons. The van der Waals surface area contributed by atoms with E-state index >= 15 is 0 Å². The van der Waals surface area contributed by atoms with Crippen LogP contribution in [0.3, 0.4) is 0 Å². The Balaban J connectivity index is 1.18. The van der Waals surface area contributed by atoms with Gasteiger partial charge in [-0.05, 0) is 152 Å². The number of benzene rings is 6. The molecule has 0 aliphatic heterocycles. The Morgan fingerprint density at radius 1 is 0.288 bits per heavy atom. The number of hydrogen-bond donors (Lipinski definition) is 0. The van der Waals surface area contributed by atoms with E-state index in [0.29, 0.717) is 0 Å². The summed E-state index contributed by atoms with van der Waals surface area (Å²) in [5, 5.41) is 0. The normalized spacial score (nSPS) is 15.6. The van der Waals surface area contributed by atoms with Gasteiger partial charge in [-0.2, -0.15) is 0 Å². The maximum absolute atomic E-state index is 2.65. The zero-order valence-corrected chi connectivity index (χ0v) is 36.9. The maximum Gasteiger partial charge on any atom is 0.0215 e. The molecule has 0 saturated heterocycles. The van der Waals surface area contributed by atoms with E-state index in [0.717, 1.165) is 25.7 Å². The lowest BCUT2D eigenvalue weighted by Gasteiger charge is -2.34. The zero-order valence-electron chi connectivity index (χ0n) is 36.9. The van der Waals surface area contributed by atoms with Gasteiger partial charge in [-0.1, -0.05) is 190 Å². The van der Waals surface area contributed by atoms with Crippen molar-refractivity contribution in [2.24, 2.45) is 0 Å². The fourth-order valence-electron chi connectivity index (χ4n) is 12.5. The number of rotatable bonds is 16. The largest absolute Gasteiger partial charge is 0.0654 e. The van der Waals surface area contributed by atoms with Gasteiger partial charge >= 0.3 is 0 Å². The molecule has 0 fully saturated rings. The summed E-state index contributed by atoms with van der Waals surface area (Å²) in [4.78, 5) is 0. The highest BCUT2D eigenvalue weighted by Gasteiger charge is 2.44. The molecule has 0 bridgehead atoms. The van der Waals surface area contributed by atoms with Crippen molar-refractivity contribution < 1.29 is 0 Å². The molecule has 59 heavy (non-hydrogen) atoms. The van der Waals surface area contributed by atoms with Crippen LogP contribution < -0.4 is 0 Å². The first-order valence-corrected chi connectivity index (χ1v) is 23.7. The molecule has 0 nitrogen and oxygen atoms in total. The summed E-state index contributed by atoms with van der Waals surface area (Å²) >= 11 is 0. The van der Waals surface area contributed by atoms with Crippen molar-refractivity contribution in [1.82, 2.24) is 0 Å². The molecule has 3 aliphatic carbocycles. The average molecular weight is 775 g/mol. The third kappa shape index (κ3) is 6.13. The third-order valence-corrected chi connectivity index (χ3v) is 15.9. The van der Waals surface area contributed by atoms with E-state index in [1.54, 1.807) is 11.1 Å². The molecule has 6 aromatic rings. The minimum absolute atomic E-state index is 0.00525. The van der Waals surface area contributed by atoms with Gasteiger partial charge < -0.3 is 0 Å². The van der Waals surface area contributed by atoms with E-state index in [-0.39, 0.29) is 16.2 Å². The van der Waals surface area contributed by atoms with E-state index in [9.17, 15) is 0 Å². The van der Waals surface area contributed by atoms with Gasteiger partial charge in [-0.25, -0.2) is 0 Å². The van der Waals surface area contributed by atoms with Crippen LogP contribution in [0, 0.1) is 0 Å². The summed E-state index contributed by atoms with van der Waals surface area (Å²) in [6.07, 6.45) is 17.2. The average Bonchev–Trinajstić information content (AvgIpc) is 3.85. The lowest BCUT2D eigenvalue weighted by atomic mass is 9.69. The Hall–Kier alpha value is -4.68. The second-order valence-corrected chi connectivity index (χ2v) is 18.4. The number of unbranched alkanes of at least 4 members (excludes halogenated alkanes) is 6. The molecule has 0 amide bonds. The fraction of sp³-hybridized carbons (Fsp3) is 0.390. The molecule has 0 heteroatoms. The molecule has 6 aromatic carbocycles. The molecule has 0 radical (unpaired) electrons. The molecule has 0 saturated carbocycles. The summed E-state index contributed by atoms with van der Waals surface area (Å²) in [7, 11) is 0. The molecule has 0 N–H and O–H groups in total. The van der Waals surface area contributed by atoms with Crippen molar-refractivity contribution in [3.05, 3.63) is 155 Å². The first kappa shape index (κ1) is 39.8. The topological polar surface area (TPSA) is 0 Å². The molecule has 0 unspecified atom stereocenters. The van der Waals surface area contributed by atoms with Gasteiger partial charge in [-0.15, -0.1) is 0 Å². The van der Waals surface area contributed by atoms with Crippen molar-refractivity contribution in [3.63, 3.8) is 0 Å². The van der Waals surface area contributed by atoms with E-state index in [2.05, 4.69) is 163 Å². The summed E-state index contributed by atoms with van der Waals surface area (Å²) in [5.41, 5.74) is 23.5. The fourth-order valence-corrected chi connectivity index (χ4v) is 12.5. The Bertz CT molecular complexity index is 2310. The highest BCUT2D eigenvalue weighted by molar-refractivity contribution is 5.89. The van der Waals surface area contributed by atoms with Crippen LogP contribution in [0.4, 0.5) is 0 Å². The lowest BCUT2D eigenvalue weighted by Crippen LogP contribution is -2.26. The first-order valence-electron chi connectivity index (χ1n) is 23.7. The zero-order chi connectivity index (χ0) is 40.8. The van der Waals surface area contributed by atoms with Gasteiger partial charge in [0, 0.05) is 16.2 Å². The van der Waals surface area contributed by atoms with Crippen molar-refractivity contribution in [2.45, 2.75) is 148 Å². The van der Waals surface area contributed by atoms with E-state index in [4.69, 9.17) is 0 Å². The summed E-state index contributed by atoms with van der Waals surface area (Å²) < 4.78 is 0.